The van der Waals surface area contributed by atoms with Gasteiger partial charge >= 0.3 is 5.97 Å². The first kappa shape index (κ1) is 14.0. The van der Waals surface area contributed by atoms with Crippen molar-refractivity contribution >= 4 is 21.9 Å². The molecule has 0 atom stereocenters. The van der Waals surface area contributed by atoms with E-state index in [4.69, 9.17) is 4.74 Å². The zero-order chi connectivity index (χ0) is 13.0. The van der Waals surface area contributed by atoms with Crippen LogP contribution in [0.3, 0.4) is 0 Å². The molecule has 0 aliphatic rings. The van der Waals surface area contributed by atoms with E-state index in [0.717, 1.165) is 0 Å². The molecule has 1 heterocycles. The number of carbonyl (C=O) groups excluding carboxylic acids is 1. The molecule has 0 bridgehead atoms. The van der Waals surface area contributed by atoms with Crippen LogP contribution in [0.5, 0.6) is 0 Å². The number of halogens is 3. The number of hydrogen-bond acceptors (Lipinski definition) is 3. The van der Waals surface area contributed by atoms with Crippen LogP contribution in [-0.4, -0.2) is 17.6 Å². The number of ether oxygens (including phenoxy) is 1. The Morgan fingerprint density at radius 1 is 1.59 bits per heavy atom. The number of alkyl halides is 2. The third-order valence-corrected chi connectivity index (χ3v) is 2.90. The highest BCUT2D eigenvalue weighted by molar-refractivity contribution is 9.10. The molecule has 3 nitrogen and oxygen atoms in total. The van der Waals surface area contributed by atoms with Gasteiger partial charge in [-0.25, -0.2) is 8.78 Å². The lowest BCUT2D eigenvalue weighted by atomic mass is 10.1. The van der Waals surface area contributed by atoms with Crippen LogP contribution in [0.15, 0.2) is 10.7 Å². The fourth-order valence-corrected chi connectivity index (χ4v) is 2.00. The van der Waals surface area contributed by atoms with Crippen molar-refractivity contribution in [1.82, 2.24) is 4.98 Å². The standard InChI is InChI=1S/C11H12BrF2NO2/c1-3-17-9(16)4-8-6(2)10(11(13)14)7(12)5-15-8/h5,11H,3-4H2,1-2H3. The summed E-state index contributed by atoms with van der Waals surface area (Å²) in [5.41, 5.74) is 0.517. The average molecular weight is 308 g/mol. The Morgan fingerprint density at radius 3 is 2.76 bits per heavy atom. The lowest BCUT2D eigenvalue weighted by molar-refractivity contribution is -0.142. The first-order valence-electron chi connectivity index (χ1n) is 5.05. The molecule has 0 aromatic carbocycles. The summed E-state index contributed by atoms with van der Waals surface area (Å²) in [6.07, 6.45) is -1.41. The van der Waals surface area contributed by atoms with Gasteiger partial charge in [0.1, 0.15) is 0 Å². The van der Waals surface area contributed by atoms with Crippen molar-refractivity contribution in [1.29, 1.82) is 0 Å². The lowest BCUT2D eigenvalue weighted by Gasteiger charge is -2.11. The van der Waals surface area contributed by atoms with Gasteiger partial charge in [0.05, 0.1) is 18.7 Å². The van der Waals surface area contributed by atoms with Crippen LogP contribution in [0.4, 0.5) is 8.78 Å². The molecule has 0 N–H and O–H groups in total. The maximum Gasteiger partial charge on any atom is 0.311 e. The molecule has 0 spiro atoms. The number of rotatable bonds is 4. The van der Waals surface area contributed by atoms with E-state index < -0.39 is 12.4 Å². The van der Waals surface area contributed by atoms with Gasteiger partial charge < -0.3 is 4.74 Å². The van der Waals surface area contributed by atoms with Crippen LogP contribution in [-0.2, 0) is 16.0 Å². The van der Waals surface area contributed by atoms with E-state index in [9.17, 15) is 13.6 Å². The van der Waals surface area contributed by atoms with Crippen molar-refractivity contribution in [2.45, 2.75) is 26.7 Å². The van der Waals surface area contributed by atoms with Crippen molar-refractivity contribution in [3.63, 3.8) is 0 Å². The summed E-state index contributed by atoms with van der Waals surface area (Å²) in [6.45, 7) is 3.47. The predicted octanol–water partition coefficient (Wildman–Crippen LogP) is 3.20. The number of hydrogen-bond donors (Lipinski definition) is 0. The Kier molecular flexibility index (Phi) is 4.99. The molecule has 0 saturated carbocycles. The molecule has 0 saturated heterocycles. The third kappa shape index (κ3) is 3.46. The van der Waals surface area contributed by atoms with E-state index in [0.29, 0.717) is 11.3 Å². The van der Waals surface area contributed by atoms with Crippen LogP contribution in [0.2, 0.25) is 0 Å². The molecular formula is C11H12BrF2NO2. The monoisotopic (exact) mass is 307 g/mol. The van der Waals surface area contributed by atoms with Gasteiger partial charge in [-0.1, -0.05) is 0 Å². The van der Waals surface area contributed by atoms with Crippen LogP contribution in [0, 0.1) is 6.92 Å². The predicted molar refractivity (Wildman–Crippen MR) is 62.0 cm³/mol. The molecule has 94 valence electrons. The Bertz CT molecular complexity index is 424. The second-order valence-corrected chi connectivity index (χ2v) is 4.23. The van der Waals surface area contributed by atoms with Gasteiger partial charge in [-0.05, 0) is 35.3 Å². The summed E-state index contributed by atoms with van der Waals surface area (Å²) in [5.74, 6) is -0.467. The maximum atomic E-state index is 12.8. The summed E-state index contributed by atoms with van der Waals surface area (Å²) < 4.78 is 30.6. The highest BCUT2D eigenvalue weighted by Crippen LogP contribution is 2.31. The third-order valence-electron chi connectivity index (χ3n) is 2.26. The van der Waals surface area contributed by atoms with Gasteiger partial charge in [-0.3, -0.25) is 9.78 Å². The molecule has 0 unspecified atom stereocenters. The minimum atomic E-state index is -2.60. The maximum absolute atomic E-state index is 12.8. The molecule has 1 aromatic heterocycles. The van der Waals surface area contributed by atoms with Gasteiger partial charge in [-0.2, -0.15) is 0 Å². The summed E-state index contributed by atoms with van der Waals surface area (Å²) in [7, 11) is 0. The number of esters is 1. The van der Waals surface area contributed by atoms with Crippen molar-refractivity contribution in [3.8, 4) is 0 Å². The minimum absolute atomic E-state index is 0.0906. The molecule has 0 amide bonds. The van der Waals surface area contributed by atoms with E-state index in [1.165, 1.54) is 13.1 Å². The molecule has 1 rings (SSSR count). The van der Waals surface area contributed by atoms with Gasteiger partial charge in [0.25, 0.3) is 6.43 Å². The Hall–Kier alpha value is -1.04. The first-order valence-corrected chi connectivity index (χ1v) is 5.84. The fraction of sp³-hybridized carbons (Fsp3) is 0.455. The van der Waals surface area contributed by atoms with Crippen LogP contribution in [0.1, 0.15) is 30.2 Å². The minimum Gasteiger partial charge on any atom is -0.466 e. The highest BCUT2D eigenvalue weighted by atomic mass is 79.9. The molecule has 0 fully saturated rings. The van der Waals surface area contributed by atoms with E-state index >= 15 is 0 Å². The topological polar surface area (TPSA) is 39.2 Å². The van der Waals surface area contributed by atoms with E-state index in [2.05, 4.69) is 20.9 Å². The highest BCUT2D eigenvalue weighted by Gasteiger charge is 2.19. The van der Waals surface area contributed by atoms with Crippen LogP contribution < -0.4 is 0 Å². The van der Waals surface area contributed by atoms with Gasteiger partial charge in [-0.15, -0.1) is 0 Å². The quantitative estimate of drug-likeness (QED) is 0.802. The lowest BCUT2D eigenvalue weighted by Crippen LogP contribution is -2.11. The largest absolute Gasteiger partial charge is 0.466 e. The Labute approximate surface area is 106 Å². The van der Waals surface area contributed by atoms with E-state index in [1.54, 1.807) is 6.92 Å². The molecule has 0 radical (unpaired) electrons. The SMILES string of the molecule is CCOC(=O)Cc1ncc(Br)c(C(F)F)c1C. The second kappa shape index (κ2) is 6.05. The second-order valence-electron chi connectivity index (χ2n) is 3.37. The van der Waals surface area contributed by atoms with E-state index in [1.807, 2.05) is 0 Å². The van der Waals surface area contributed by atoms with Gasteiger partial charge in [0.15, 0.2) is 0 Å². The smallest absolute Gasteiger partial charge is 0.311 e. The number of carbonyl (C=O) groups is 1. The van der Waals surface area contributed by atoms with Crippen molar-refractivity contribution in [2.75, 3.05) is 6.61 Å². The summed E-state index contributed by atoms with van der Waals surface area (Å²) in [6, 6.07) is 0. The molecule has 0 aliphatic heterocycles. The molecule has 17 heavy (non-hydrogen) atoms. The van der Waals surface area contributed by atoms with E-state index in [-0.39, 0.29) is 23.1 Å². The fourth-order valence-electron chi connectivity index (χ4n) is 1.43. The van der Waals surface area contributed by atoms with Crippen molar-refractivity contribution in [2.24, 2.45) is 0 Å². The molecule has 1 aromatic rings. The van der Waals surface area contributed by atoms with Crippen LogP contribution in [0.25, 0.3) is 0 Å². The summed E-state index contributed by atoms with van der Waals surface area (Å²) >= 11 is 3.02. The number of aromatic nitrogens is 1. The summed E-state index contributed by atoms with van der Waals surface area (Å²) in [4.78, 5) is 15.2. The van der Waals surface area contributed by atoms with Crippen molar-refractivity contribution < 1.29 is 18.3 Å². The molecule has 6 heteroatoms. The first-order chi connectivity index (χ1) is 7.97. The van der Waals surface area contributed by atoms with Crippen molar-refractivity contribution in [3.05, 3.63) is 27.5 Å². The Morgan fingerprint density at radius 2 is 2.24 bits per heavy atom. The van der Waals surface area contributed by atoms with Gasteiger partial charge in [0.2, 0.25) is 0 Å². The normalized spacial score (nSPS) is 10.7. The zero-order valence-corrected chi connectivity index (χ0v) is 11.1. The average Bonchev–Trinajstić information content (AvgIpc) is 2.22. The number of pyridine rings is 1. The zero-order valence-electron chi connectivity index (χ0n) is 9.47. The van der Waals surface area contributed by atoms with Crippen LogP contribution >= 0.6 is 15.9 Å². The number of nitrogens with zero attached hydrogens (tertiary/aromatic N) is 1. The molecular weight excluding hydrogens is 296 g/mol. The van der Waals surface area contributed by atoms with Gasteiger partial charge in [0, 0.05) is 16.2 Å². The molecule has 0 aliphatic carbocycles. The summed E-state index contributed by atoms with van der Waals surface area (Å²) in [5, 5.41) is 0. The Balaban J connectivity index is 3.02.